The number of nitrogens with zero attached hydrogens (tertiary/aromatic N) is 4. The Morgan fingerprint density at radius 1 is 0.404 bits per heavy atom. The molecule has 0 saturated carbocycles. The summed E-state index contributed by atoms with van der Waals surface area (Å²) in [4.78, 5) is 9.94. The van der Waals surface area contributed by atoms with Crippen LogP contribution in [0.25, 0.3) is 82.9 Å². The van der Waals surface area contributed by atoms with Crippen molar-refractivity contribution >= 4 is 66.5 Å². The summed E-state index contributed by atoms with van der Waals surface area (Å²) >= 11 is 0. The maximum absolute atomic E-state index is 7.43. The zero-order chi connectivity index (χ0) is 70.5. The third kappa shape index (κ3) is 13.3. The van der Waals surface area contributed by atoms with E-state index in [1.54, 1.807) is 0 Å². The molecule has 0 saturated heterocycles. The van der Waals surface area contributed by atoms with Crippen LogP contribution in [0.5, 0.6) is 11.5 Å². The molecule has 9 aromatic carbocycles. The average molecular weight is 1490 g/mol. The van der Waals surface area contributed by atoms with Gasteiger partial charge in [0.1, 0.15) is 17.0 Å². The van der Waals surface area contributed by atoms with Gasteiger partial charge in [-0.2, -0.15) is 6.07 Å². The minimum absolute atomic E-state index is 0. The molecule has 0 aliphatic carbocycles. The molecule has 7 heteroatoms. The van der Waals surface area contributed by atoms with Gasteiger partial charge in [-0.1, -0.05) is 262 Å². The third-order valence-electron chi connectivity index (χ3n) is 20.1. The molecule has 0 N–H and O–H groups in total. The Morgan fingerprint density at radius 3 is 1.42 bits per heavy atom. The average Bonchev–Trinajstić information content (AvgIpc) is 1.57. The first-order valence-corrected chi connectivity index (χ1v) is 35.3. The largest absolute Gasteiger partial charge is 0.509 e. The van der Waals surface area contributed by atoms with Crippen molar-refractivity contribution in [3.05, 3.63) is 233 Å². The molecule has 0 atom stereocenters. The quantitative estimate of drug-likeness (QED) is 0.142. The molecule has 514 valence electrons. The fourth-order valence-electron chi connectivity index (χ4n) is 14.1. The van der Waals surface area contributed by atoms with Crippen molar-refractivity contribution in [3.8, 4) is 50.7 Å². The fraction of sp³-hybridized carbons (Fsp3) is 0.348. The molecule has 4 heterocycles. The minimum Gasteiger partial charge on any atom is -0.509 e. The Morgan fingerprint density at radius 2 is 0.899 bits per heavy atom. The number of aromatic nitrogens is 2. The summed E-state index contributed by atoms with van der Waals surface area (Å²) in [5, 5.41) is 4.14. The molecule has 0 unspecified atom stereocenters. The monoisotopic (exact) mass is 1490 g/mol. The van der Waals surface area contributed by atoms with E-state index in [4.69, 9.17) is 14.1 Å². The maximum atomic E-state index is 7.43. The van der Waals surface area contributed by atoms with Crippen LogP contribution >= 0.6 is 0 Å². The van der Waals surface area contributed by atoms with E-state index in [1.165, 1.54) is 72.3 Å². The van der Waals surface area contributed by atoms with Crippen molar-refractivity contribution in [1.82, 2.24) is 9.55 Å². The number of hydrogen-bond donors (Lipinski definition) is 0. The van der Waals surface area contributed by atoms with Gasteiger partial charge in [0.05, 0.1) is 0 Å². The molecule has 0 amide bonds. The van der Waals surface area contributed by atoms with Crippen LogP contribution in [0.3, 0.4) is 0 Å². The molecule has 1 aliphatic heterocycles. The number of fused-ring (bicyclic) bond motifs is 8. The van der Waals surface area contributed by atoms with Crippen molar-refractivity contribution in [2.75, 3.05) is 9.80 Å². The second-order valence-electron chi connectivity index (χ2n) is 36.1. The van der Waals surface area contributed by atoms with Gasteiger partial charge in [0.25, 0.3) is 0 Å². The summed E-state index contributed by atoms with van der Waals surface area (Å²) in [5.74, 6) is 1.91. The molecular weight excluding hydrogens is 1390 g/mol. The summed E-state index contributed by atoms with van der Waals surface area (Å²) < 4.78 is 16.5. The standard InChI is InChI=1S/C92H101N4O2.Pt/c1-85(2,3)59-40-41-93-80(52-59)96-77-39-38-69-68-30-25-28-35-79(68)98-84(69)82(77)70-37-36-66(54-78(70)96)97-67-47-58(81-73(91(19,20)21)31-29-32-74(81)92(22,23)24)46-65(53-67)94-55-95(76-34-27-26-33-75(76)94)83-71(56-42-60(86(4,5)6)48-61(43-56)87(7,8)9)50-64(90(16,17)18)51-72(83)57-44-62(88(10,11)12)49-63(45-57)89(13,14)15;/h25-52,55H,1-24H3;/q-3;. The molecule has 6 nitrogen and oxygen atoms in total. The predicted molar refractivity (Wildman–Crippen MR) is 417 cm³/mol. The normalized spacial score (nSPS) is 13.7. The van der Waals surface area contributed by atoms with Gasteiger partial charge >= 0.3 is 0 Å². The van der Waals surface area contributed by atoms with Crippen LogP contribution in [-0.4, -0.2) is 9.55 Å². The smallest absolute Gasteiger partial charge is 0.135 e. The molecule has 0 spiro atoms. The van der Waals surface area contributed by atoms with Gasteiger partial charge in [0.15, 0.2) is 0 Å². The van der Waals surface area contributed by atoms with E-state index in [0.717, 1.165) is 77.9 Å². The van der Waals surface area contributed by atoms with E-state index in [2.05, 4.69) is 357 Å². The summed E-state index contributed by atoms with van der Waals surface area (Å²) in [7, 11) is 0. The maximum Gasteiger partial charge on any atom is 0.135 e. The van der Waals surface area contributed by atoms with Crippen LogP contribution in [0.1, 0.15) is 211 Å². The van der Waals surface area contributed by atoms with Crippen molar-refractivity contribution in [2.24, 2.45) is 0 Å². The van der Waals surface area contributed by atoms with E-state index in [1.807, 2.05) is 12.3 Å². The number of benzene rings is 9. The van der Waals surface area contributed by atoms with E-state index in [9.17, 15) is 0 Å². The fourth-order valence-corrected chi connectivity index (χ4v) is 14.1. The topological polar surface area (TPSA) is 46.7 Å². The Balaban J connectivity index is 0.00000931. The third-order valence-corrected chi connectivity index (χ3v) is 20.1. The number of pyridine rings is 1. The van der Waals surface area contributed by atoms with Gasteiger partial charge in [-0.15, -0.1) is 48.3 Å². The van der Waals surface area contributed by atoms with E-state index >= 15 is 0 Å². The Kier molecular flexibility index (Phi) is 17.5. The van der Waals surface area contributed by atoms with E-state index in [0.29, 0.717) is 11.5 Å². The Hall–Kier alpha value is -8.18. The molecule has 0 radical (unpaired) electrons. The molecule has 3 aromatic heterocycles. The van der Waals surface area contributed by atoms with Crippen LogP contribution in [0.15, 0.2) is 174 Å². The molecule has 0 fully saturated rings. The van der Waals surface area contributed by atoms with Crippen molar-refractivity contribution in [2.45, 2.75) is 209 Å². The first kappa shape index (κ1) is 70.7. The molecule has 0 bridgehead atoms. The summed E-state index contributed by atoms with van der Waals surface area (Å²) in [6, 6.07) is 69.2. The molecule has 12 aromatic rings. The molecular formula is C92H101N4O2Pt-3. The van der Waals surface area contributed by atoms with Gasteiger partial charge in [0.2, 0.25) is 0 Å². The number of rotatable bonds is 8. The van der Waals surface area contributed by atoms with E-state index < -0.39 is 0 Å². The van der Waals surface area contributed by atoms with E-state index in [-0.39, 0.29) is 64.4 Å². The molecule has 13 rings (SSSR count). The number of furan rings is 1. The number of ether oxygens (including phenoxy) is 1. The van der Waals surface area contributed by atoms with Gasteiger partial charge in [0, 0.05) is 83.2 Å². The van der Waals surface area contributed by atoms with Gasteiger partial charge < -0.3 is 23.5 Å². The van der Waals surface area contributed by atoms with Crippen LogP contribution < -0.4 is 14.5 Å². The molecule has 99 heavy (non-hydrogen) atoms. The van der Waals surface area contributed by atoms with Crippen LogP contribution in [0.4, 0.5) is 22.7 Å². The van der Waals surface area contributed by atoms with Gasteiger partial charge in [-0.25, -0.2) is 4.98 Å². The van der Waals surface area contributed by atoms with Crippen LogP contribution in [-0.2, 0) is 64.4 Å². The van der Waals surface area contributed by atoms with Crippen molar-refractivity contribution < 1.29 is 30.2 Å². The minimum atomic E-state index is -0.212. The second kappa shape index (κ2) is 24.6. The zero-order valence-electron chi connectivity index (χ0n) is 63.2. The summed E-state index contributed by atoms with van der Waals surface area (Å²) in [6.45, 7) is 58.2. The SMILES string of the molecule is CC(C)(C)c1cc(-c2cc(C(C)(C)C)cc(-c3cc(C(C)(C)C)cc(C(C)(C)C)c3)c2N2[CH-]N(c3[c-]c(Oc4[c-]c5c(cc4)c4c6oc7ccccc7c6ccc4n5-c4cc(C(C)(C)C)ccn4)cc(-c4c(C(C)(C)C)cccc4C(C)(C)C)c3)c3ccccc32)cc(C(C)(C)C)c1.[Pt]. The first-order valence-electron chi connectivity index (χ1n) is 35.3. The number of hydrogen-bond acceptors (Lipinski definition) is 5. The number of anilines is 4. The Labute approximate surface area is 605 Å². The van der Waals surface area contributed by atoms with Crippen molar-refractivity contribution in [3.63, 3.8) is 0 Å². The Bertz CT molecular complexity index is 4940. The second-order valence-corrected chi connectivity index (χ2v) is 36.1. The van der Waals surface area contributed by atoms with Gasteiger partial charge in [-0.05, 0) is 165 Å². The predicted octanol–water partition coefficient (Wildman–Crippen LogP) is 26.3. The van der Waals surface area contributed by atoms with Crippen LogP contribution in [0, 0.1) is 18.8 Å². The van der Waals surface area contributed by atoms with Crippen LogP contribution in [0.2, 0.25) is 0 Å². The first-order chi connectivity index (χ1) is 45.6. The zero-order valence-corrected chi connectivity index (χ0v) is 65.4. The van der Waals surface area contributed by atoms with Crippen molar-refractivity contribution in [1.29, 1.82) is 0 Å². The summed E-state index contributed by atoms with van der Waals surface area (Å²) in [6.07, 6.45) is 1.93. The molecule has 1 aliphatic rings. The number of para-hydroxylation sites is 3. The summed E-state index contributed by atoms with van der Waals surface area (Å²) in [5.41, 5.74) is 23.5. The van der Waals surface area contributed by atoms with Gasteiger partial charge in [-0.3, -0.25) is 0 Å².